The lowest BCUT2D eigenvalue weighted by atomic mass is 10.3. The maximum Gasteiger partial charge on any atom is 0.246 e. The summed E-state index contributed by atoms with van der Waals surface area (Å²) in [6.45, 7) is 2.47. The average molecular weight is 341 g/mol. The van der Waals surface area contributed by atoms with Gasteiger partial charge in [-0.1, -0.05) is 0 Å². The average Bonchev–Trinajstić information content (AvgIpc) is 2.54. The summed E-state index contributed by atoms with van der Waals surface area (Å²) >= 11 is 0. The zero-order valence-corrected chi connectivity index (χ0v) is 13.8. The molecule has 2 rings (SSSR count). The molecule has 1 aliphatic heterocycles. The summed E-state index contributed by atoms with van der Waals surface area (Å²) in [5.41, 5.74) is 0.378. The molecule has 9 heteroatoms. The van der Waals surface area contributed by atoms with Crippen LogP contribution in [0.4, 0.5) is 5.69 Å². The molecule has 0 atom stereocenters. The van der Waals surface area contributed by atoms with Crippen molar-refractivity contribution in [1.29, 1.82) is 0 Å². The van der Waals surface area contributed by atoms with E-state index in [9.17, 15) is 18.0 Å². The molecule has 1 heterocycles. The normalized spacial score (nSPS) is 16.0. The molecule has 1 saturated heterocycles. The molecule has 0 radical (unpaired) electrons. The summed E-state index contributed by atoms with van der Waals surface area (Å²) in [4.78, 5) is 23.4. The number of methoxy groups -OCH3 is 1. The van der Waals surface area contributed by atoms with Gasteiger partial charge in [0.25, 0.3) is 0 Å². The zero-order chi connectivity index (χ0) is 17.0. The fraction of sp³-hybridized carbons (Fsp3) is 0.429. The molecular weight excluding hydrogens is 322 g/mol. The largest absolute Gasteiger partial charge is 0.495 e. The van der Waals surface area contributed by atoms with E-state index in [4.69, 9.17) is 4.74 Å². The van der Waals surface area contributed by atoms with Gasteiger partial charge in [-0.25, -0.2) is 8.42 Å². The fourth-order valence-corrected chi connectivity index (χ4v) is 3.95. The van der Waals surface area contributed by atoms with E-state index in [1.807, 2.05) is 0 Å². The Labute approximate surface area is 135 Å². The molecule has 8 nitrogen and oxygen atoms in total. The molecule has 0 bridgehead atoms. The highest BCUT2D eigenvalue weighted by Crippen LogP contribution is 2.30. The summed E-state index contributed by atoms with van der Waals surface area (Å²) in [5, 5.41) is 2.56. The number of hydrogen-bond donors (Lipinski definition) is 1. The van der Waals surface area contributed by atoms with Crippen LogP contribution in [-0.4, -0.2) is 63.2 Å². The molecule has 23 heavy (non-hydrogen) atoms. The maximum absolute atomic E-state index is 12.8. The van der Waals surface area contributed by atoms with E-state index in [2.05, 4.69) is 5.32 Å². The van der Waals surface area contributed by atoms with Gasteiger partial charge in [0, 0.05) is 38.8 Å². The molecule has 1 aromatic rings. The van der Waals surface area contributed by atoms with Crippen molar-refractivity contribution in [2.45, 2.75) is 11.8 Å². The quantitative estimate of drug-likeness (QED) is 0.767. The lowest BCUT2D eigenvalue weighted by molar-refractivity contribution is -0.119. The Morgan fingerprint density at radius 1 is 1.26 bits per heavy atom. The number of rotatable bonds is 5. The van der Waals surface area contributed by atoms with Crippen LogP contribution in [0.5, 0.6) is 5.75 Å². The second kappa shape index (κ2) is 6.97. The van der Waals surface area contributed by atoms with Crippen molar-refractivity contribution >= 4 is 28.0 Å². The Morgan fingerprint density at radius 3 is 2.43 bits per heavy atom. The third kappa shape index (κ3) is 3.80. The van der Waals surface area contributed by atoms with Gasteiger partial charge in [-0.3, -0.25) is 9.59 Å². The summed E-state index contributed by atoms with van der Waals surface area (Å²) in [7, 11) is -2.39. The van der Waals surface area contributed by atoms with E-state index in [1.165, 1.54) is 35.4 Å². The summed E-state index contributed by atoms with van der Waals surface area (Å²) in [6, 6.07) is 4.45. The number of carbonyl (C=O) groups is 2. The van der Waals surface area contributed by atoms with Crippen LogP contribution < -0.4 is 10.1 Å². The molecule has 1 fully saturated rings. The van der Waals surface area contributed by atoms with Crippen LogP contribution in [0, 0.1) is 0 Å². The van der Waals surface area contributed by atoms with E-state index in [-0.39, 0.29) is 29.6 Å². The van der Waals surface area contributed by atoms with Crippen LogP contribution in [0.2, 0.25) is 0 Å². The first kappa shape index (κ1) is 17.2. The first-order chi connectivity index (χ1) is 10.9. The number of ether oxygens (including phenoxy) is 1. The minimum atomic E-state index is -3.78. The Hall–Kier alpha value is -2.13. The number of amides is 2. The molecule has 1 aromatic carbocycles. The van der Waals surface area contributed by atoms with Gasteiger partial charge in [-0.05, 0) is 18.2 Å². The standard InChI is InChI=1S/C14H19N3O5S/c1-11(19)15-12-3-4-13(22-2)14(9-12)23(20,21)17-7-5-16(10-18)6-8-17/h3-4,9-10H,5-8H2,1-2H3,(H,15,19). The highest BCUT2D eigenvalue weighted by Gasteiger charge is 2.30. The molecule has 0 saturated carbocycles. The van der Waals surface area contributed by atoms with Crippen LogP contribution in [-0.2, 0) is 19.6 Å². The number of hydrogen-bond acceptors (Lipinski definition) is 5. The van der Waals surface area contributed by atoms with E-state index < -0.39 is 10.0 Å². The summed E-state index contributed by atoms with van der Waals surface area (Å²) < 4.78 is 32.1. The minimum absolute atomic E-state index is 0.00852. The van der Waals surface area contributed by atoms with Crippen molar-refractivity contribution in [2.24, 2.45) is 0 Å². The third-order valence-corrected chi connectivity index (χ3v) is 5.44. The highest BCUT2D eigenvalue weighted by atomic mass is 32.2. The minimum Gasteiger partial charge on any atom is -0.495 e. The number of nitrogens with one attached hydrogen (secondary N) is 1. The van der Waals surface area contributed by atoms with Crippen molar-refractivity contribution in [2.75, 3.05) is 38.6 Å². The van der Waals surface area contributed by atoms with Gasteiger partial charge in [-0.15, -0.1) is 0 Å². The number of benzene rings is 1. The highest BCUT2D eigenvalue weighted by molar-refractivity contribution is 7.89. The molecule has 1 aliphatic rings. The predicted octanol–water partition coefficient (Wildman–Crippen LogP) is 0.116. The third-order valence-electron chi connectivity index (χ3n) is 3.52. The first-order valence-corrected chi connectivity index (χ1v) is 8.47. The van der Waals surface area contributed by atoms with Crippen LogP contribution >= 0.6 is 0 Å². The molecule has 0 unspecified atom stereocenters. The number of sulfonamides is 1. The van der Waals surface area contributed by atoms with Crippen molar-refractivity contribution in [3.05, 3.63) is 18.2 Å². The zero-order valence-electron chi connectivity index (χ0n) is 13.0. The molecule has 0 spiro atoms. The molecular formula is C14H19N3O5S. The Balaban J connectivity index is 2.34. The van der Waals surface area contributed by atoms with Crippen molar-refractivity contribution in [3.63, 3.8) is 0 Å². The summed E-state index contributed by atoms with van der Waals surface area (Å²) in [6.07, 6.45) is 0.710. The predicted molar refractivity (Wildman–Crippen MR) is 83.7 cm³/mol. The van der Waals surface area contributed by atoms with Crippen LogP contribution in [0.3, 0.4) is 0 Å². The molecule has 1 N–H and O–H groups in total. The second-order valence-electron chi connectivity index (χ2n) is 5.09. The van der Waals surface area contributed by atoms with Crippen LogP contribution in [0.1, 0.15) is 6.92 Å². The Morgan fingerprint density at radius 2 is 1.91 bits per heavy atom. The topological polar surface area (TPSA) is 96.0 Å². The van der Waals surface area contributed by atoms with Crippen LogP contribution in [0.15, 0.2) is 23.1 Å². The molecule has 0 aromatic heterocycles. The number of carbonyl (C=O) groups excluding carboxylic acids is 2. The van der Waals surface area contributed by atoms with Gasteiger partial charge in [-0.2, -0.15) is 4.31 Å². The SMILES string of the molecule is COc1ccc(NC(C)=O)cc1S(=O)(=O)N1CCN(C=O)CC1. The van der Waals surface area contributed by atoms with Gasteiger partial charge in [0.2, 0.25) is 22.3 Å². The number of piperazine rings is 1. The smallest absolute Gasteiger partial charge is 0.246 e. The lowest BCUT2D eigenvalue weighted by Crippen LogP contribution is -2.48. The number of nitrogens with zero attached hydrogens (tertiary/aromatic N) is 2. The number of anilines is 1. The van der Waals surface area contributed by atoms with Crippen LogP contribution in [0.25, 0.3) is 0 Å². The van der Waals surface area contributed by atoms with Gasteiger partial charge in [0.15, 0.2) is 0 Å². The molecule has 0 aliphatic carbocycles. The van der Waals surface area contributed by atoms with Crippen molar-refractivity contribution in [1.82, 2.24) is 9.21 Å². The first-order valence-electron chi connectivity index (χ1n) is 7.03. The van der Waals surface area contributed by atoms with Gasteiger partial charge >= 0.3 is 0 Å². The fourth-order valence-electron chi connectivity index (χ4n) is 2.35. The molecule has 126 valence electrons. The monoisotopic (exact) mass is 341 g/mol. The summed E-state index contributed by atoms with van der Waals surface area (Å²) in [5.74, 6) is -0.0879. The van der Waals surface area contributed by atoms with Crippen molar-refractivity contribution < 1.29 is 22.7 Å². The van der Waals surface area contributed by atoms with E-state index in [1.54, 1.807) is 6.07 Å². The van der Waals surface area contributed by atoms with Crippen molar-refractivity contribution in [3.8, 4) is 5.75 Å². The van der Waals surface area contributed by atoms with E-state index >= 15 is 0 Å². The van der Waals surface area contributed by atoms with Gasteiger partial charge in [0.05, 0.1) is 7.11 Å². The Bertz CT molecular complexity index is 696. The van der Waals surface area contributed by atoms with Gasteiger partial charge < -0.3 is 15.0 Å². The second-order valence-corrected chi connectivity index (χ2v) is 7.00. The van der Waals surface area contributed by atoms with Gasteiger partial charge in [0.1, 0.15) is 10.6 Å². The molecule has 2 amide bonds. The van der Waals surface area contributed by atoms with E-state index in [0.29, 0.717) is 25.2 Å². The lowest BCUT2D eigenvalue weighted by Gasteiger charge is -2.32. The van der Waals surface area contributed by atoms with E-state index in [0.717, 1.165) is 0 Å². The maximum atomic E-state index is 12.8. The Kier molecular flexibility index (Phi) is 5.22.